The lowest BCUT2D eigenvalue weighted by Crippen LogP contribution is -2.50. The van der Waals surface area contributed by atoms with Gasteiger partial charge in [0.1, 0.15) is 11.9 Å². The molecule has 1 spiro atoms. The molecule has 3 aromatic carbocycles. The first-order chi connectivity index (χ1) is 27.7. The quantitative estimate of drug-likeness (QED) is 0.161. The van der Waals surface area contributed by atoms with Crippen LogP contribution in [0.3, 0.4) is 0 Å². The molecular weight excluding hydrogens is 741 g/mol. The molecule has 0 bridgehead atoms. The highest BCUT2D eigenvalue weighted by atomic mass is 31.1. The van der Waals surface area contributed by atoms with Crippen molar-refractivity contribution in [2.45, 2.75) is 77.0 Å². The van der Waals surface area contributed by atoms with Crippen molar-refractivity contribution in [2.24, 2.45) is 5.41 Å². The first kappa shape index (κ1) is 39.4. The van der Waals surface area contributed by atoms with E-state index in [0.717, 1.165) is 112 Å². The Hall–Kier alpha value is -4.40. The van der Waals surface area contributed by atoms with E-state index in [0.29, 0.717) is 23.4 Å². The van der Waals surface area contributed by atoms with E-state index in [2.05, 4.69) is 62.8 Å². The molecule has 8 rings (SSSR count). The zero-order valence-electron chi connectivity index (χ0n) is 32.9. The van der Waals surface area contributed by atoms with Crippen molar-refractivity contribution in [3.63, 3.8) is 0 Å². The maximum Gasteiger partial charge on any atom is 0.253 e. The number of hydrogen-bond acceptors (Lipinski definition) is 9. The number of anilines is 2. The number of imide groups is 1. The molecule has 3 amide bonds. The average molecular weight is 794 g/mol. The lowest BCUT2D eigenvalue weighted by molar-refractivity contribution is -0.138. The summed E-state index contributed by atoms with van der Waals surface area (Å²) in [5, 5.41) is 12.8. The van der Waals surface area contributed by atoms with Crippen molar-refractivity contribution in [3.8, 4) is 6.07 Å². The molecule has 5 saturated heterocycles. The van der Waals surface area contributed by atoms with Gasteiger partial charge >= 0.3 is 0 Å². The van der Waals surface area contributed by atoms with Gasteiger partial charge < -0.3 is 14.7 Å². The zero-order chi connectivity index (χ0) is 39.5. The molecule has 5 aliphatic heterocycles. The molecule has 5 fully saturated rings. The lowest BCUT2D eigenvalue weighted by Gasteiger charge is -2.40. The average Bonchev–Trinajstić information content (AvgIpc) is 3.91. The van der Waals surface area contributed by atoms with Crippen LogP contribution in [0.5, 0.6) is 0 Å². The van der Waals surface area contributed by atoms with Gasteiger partial charge in [0.05, 0.1) is 18.2 Å². The fourth-order valence-electron chi connectivity index (χ4n) is 9.41. The number of piperidine rings is 3. The summed E-state index contributed by atoms with van der Waals surface area (Å²) < 4.78 is 15.1. The van der Waals surface area contributed by atoms with Crippen molar-refractivity contribution >= 4 is 42.3 Å². The topological polar surface area (TPSA) is 121 Å². The van der Waals surface area contributed by atoms with Crippen molar-refractivity contribution in [2.75, 3.05) is 68.1 Å². The van der Waals surface area contributed by atoms with Crippen LogP contribution in [0.15, 0.2) is 60.7 Å². The molecule has 300 valence electrons. The van der Waals surface area contributed by atoms with Crippen LogP contribution in [0, 0.1) is 22.6 Å². The molecule has 2 unspecified atom stereocenters. The molecule has 2 atom stereocenters. The van der Waals surface area contributed by atoms with Crippen molar-refractivity contribution in [1.82, 2.24) is 20.6 Å². The van der Waals surface area contributed by atoms with E-state index in [1.807, 2.05) is 29.2 Å². The van der Waals surface area contributed by atoms with E-state index in [4.69, 9.17) is 4.84 Å². The summed E-state index contributed by atoms with van der Waals surface area (Å²) in [6.45, 7) is 8.72. The van der Waals surface area contributed by atoms with Gasteiger partial charge in [0.25, 0.3) is 5.91 Å². The summed E-state index contributed by atoms with van der Waals surface area (Å²) in [5.74, 6) is -0.930. The smallest absolute Gasteiger partial charge is 0.253 e. The molecule has 2 N–H and O–H groups in total. The van der Waals surface area contributed by atoms with Crippen molar-refractivity contribution < 1.29 is 23.6 Å². The van der Waals surface area contributed by atoms with Crippen LogP contribution >= 0.6 is 7.92 Å². The van der Waals surface area contributed by atoms with Crippen molar-refractivity contribution in [1.29, 1.82) is 5.26 Å². The minimum absolute atomic E-state index is 0.0169. The Balaban J connectivity index is 0.768. The zero-order valence-corrected chi connectivity index (χ0v) is 33.7. The maximum absolute atomic E-state index is 15.1. The fourth-order valence-corrected chi connectivity index (χ4v) is 11.9. The Morgan fingerprint density at radius 2 is 1.67 bits per heavy atom. The monoisotopic (exact) mass is 793 g/mol. The molecule has 5 aliphatic rings. The van der Waals surface area contributed by atoms with E-state index in [9.17, 15) is 19.6 Å². The molecule has 13 heteroatoms. The number of hydrogen-bond donors (Lipinski definition) is 2. The highest BCUT2D eigenvalue weighted by Crippen LogP contribution is 2.44. The number of halogens is 1. The van der Waals surface area contributed by atoms with Crippen LogP contribution in [0.2, 0.25) is 0 Å². The maximum atomic E-state index is 15.1. The van der Waals surface area contributed by atoms with Crippen molar-refractivity contribution in [3.05, 3.63) is 88.7 Å². The predicted molar refractivity (Wildman–Crippen MR) is 220 cm³/mol. The number of benzene rings is 3. The van der Waals surface area contributed by atoms with Gasteiger partial charge in [0, 0.05) is 87.1 Å². The van der Waals surface area contributed by atoms with Crippen LogP contribution in [0.1, 0.15) is 78.9 Å². The standard InChI is InChI=1S/C44H53FN7O4P/c1-2-31-25-37(9-5-33(31)27-46)51-22-17-44(29-51)15-20-49(21-16-44)35-7-3-32(4-8-35)43(55)50-18-13-36(14-19-50)52-23-24-57(30-52)38-10-6-34(39(45)26-38)28-56-48-40-11-12-41(53)47-42(40)54/h3-10,25-26,36,40,48H,2,11-24,28-30H2,1H3,(H,47,53,54). The molecule has 0 saturated carbocycles. The van der Waals surface area contributed by atoms with Crippen LogP contribution in [-0.4, -0.2) is 97.9 Å². The Bertz CT molecular complexity index is 2010. The third kappa shape index (κ3) is 8.73. The summed E-state index contributed by atoms with van der Waals surface area (Å²) in [5.41, 5.74) is 8.49. The largest absolute Gasteiger partial charge is 0.371 e. The fraction of sp³-hybridized carbons (Fsp3) is 0.500. The number of hydroxylamine groups is 1. The van der Waals surface area contributed by atoms with Gasteiger partial charge in [-0.15, -0.1) is 0 Å². The first-order valence-electron chi connectivity index (χ1n) is 20.6. The number of likely N-dealkylation sites (tertiary alicyclic amines) is 1. The second kappa shape index (κ2) is 17.2. The normalized spacial score (nSPS) is 22.9. The van der Waals surface area contributed by atoms with Gasteiger partial charge in [-0.25, -0.2) is 4.39 Å². The molecule has 5 heterocycles. The van der Waals surface area contributed by atoms with Gasteiger partial charge in [0.15, 0.2) is 0 Å². The number of carbonyl (C=O) groups excluding carboxylic acids is 3. The number of rotatable bonds is 10. The molecular formula is C44H53FN7O4P. The van der Waals surface area contributed by atoms with Crippen LogP contribution in [0.25, 0.3) is 0 Å². The summed E-state index contributed by atoms with van der Waals surface area (Å²) in [6.07, 6.45) is 8.82. The van der Waals surface area contributed by atoms with Gasteiger partial charge in [-0.05, 0) is 116 Å². The SMILES string of the molecule is CCc1cc(N2CCC3(CCN(c4ccc(C(=O)N5CCC(N6CCP(c7ccc(CONC8CCC(=O)NC8=O)c(F)c7)C6)CC5)cc4)CC3)C2)ccc1C#N. The van der Waals surface area contributed by atoms with Gasteiger partial charge in [-0.1, -0.05) is 27.0 Å². The third-order valence-electron chi connectivity index (χ3n) is 13.1. The minimum Gasteiger partial charge on any atom is -0.371 e. The highest BCUT2D eigenvalue weighted by molar-refractivity contribution is 7.65. The lowest BCUT2D eigenvalue weighted by atomic mass is 9.77. The number of amides is 3. The number of nitriles is 1. The molecule has 0 radical (unpaired) electrons. The van der Waals surface area contributed by atoms with E-state index in [1.165, 1.54) is 17.8 Å². The summed E-state index contributed by atoms with van der Waals surface area (Å²) >= 11 is 0. The Labute approximate surface area is 336 Å². The second-order valence-electron chi connectivity index (χ2n) is 16.4. The number of nitrogens with zero attached hydrogens (tertiary/aromatic N) is 5. The Kier molecular flexibility index (Phi) is 11.9. The number of carbonyl (C=O) groups is 3. The van der Waals surface area contributed by atoms with E-state index < -0.39 is 19.9 Å². The van der Waals surface area contributed by atoms with E-state index >= 15 is 4.39 Å². The highest BCUT2D eigenvalue weighted by Gasteiger charge is 2.41. The molecule has 57 heavy (non-hydrogen) atoms. The van der Waals surface area contributed by atoms with Crippen LogP contribution in [-0.2, 0) is 27.5 Å². The third-order valence-corrected chi connectivity index (χ3v) is 15.5. The first-order valence-corrected chi connectivity index (χ1v) is 22.3. The summed E-state index contributed by atoms with van der Waals surface area (Å²) in [6, 6.07) is 22.1. The molecule has 0 aromatic heterocycles. The minimum atomic E-state index is -0.629. The molecule has 0 aliphatic carbocycles. The second-order valence-corrected chi connectivity index (χ2v) is 18.8. The molecule has 3 aromatic rings. The van der Waals surface area contributed by atoms with Gasteiger partial charge in [-0.3, -0.25) is 29.4 Å². The predicted octanol–water partition coefficient (Wildman–Crippen LogP) is 5.27. The summed E-state index contributed by atoms with van der Waals surface area (Å²) in [7, 11) is -0.506. The van der Waals surface area contributed by atoms with E-state index in [1.54, 1.807) is 12.1 Å². The van der Waals surface area contributed by atoms with E-state index in [-0.39, 0.29) is 30.7 Å². The van der Waals surface area contributed by atoms with Gasteiger partial charge in [-0.2, -0.15) is 10.7 Å². The number of aryl methyl sites for hydroxylation is 1. The van der Waals surface area contributed by atoms with Crippen LogP contribution in [0.4, 0.5) is 15.8 Å². The molecule has 11 nitrogen and oxygen atoms in total. The van der Waals surface area contributed by atoms with Gasteiger partial charge in [0.2, 0.25) is 11.8 Å². The Morgan fingerprint density at radius 1 is 0.930 bits per heavy atom. The number of nitrogens with one attached hydrogen (secondary N) is 2. The van der Waals surface area contributed by atoms with Crippen LogP contribution < -0.4 is 25.9 Å². The Morgan fingerprint density at radius 3 is 2.37 bits per heavy atom. The summed E-state index contributed by atoms with van der Waals surface area (Å²) in [4.78, 5) is 51.8.